The van der Waals surface area contributed by atoms with E-state index in [1.165, 1.54) is 0 Å². The van der Waals surface area contributed by atoms with Gasteiger partial charge in [-0.25, -0.2) is 4.79 Å². The Kier molecular flexibility index (Phi) is 3.41. The van der Waals surface area contributed by atoms with Crippen LogP contribution in [0, 0.1) is 0 Å². The molecule has 1 aromatic rings. The first-order valence-corrected chi connectivity index (χ1v) is 5.14. The molecule has 0 aliphatic carbocycles. The lowest BCUT2D eigenvalue weighted by molar-refractivity contribution is -0.142. The van der Waals surface area contributed by atoms with Gasteiger partial charge < -0.3 is 15.7 Å². The molecule has 0 saturated heterocycles. The molecule has 0 heterocycles. The van der Waals surface area contributed by atoms with Crippen molar-refractivity contribution in [3.8, 4) is 0 Å². The number of hydrogen-bond donors (Lipinski definition) is 2. The van der Waals surface area contributed by atoms with Gasteiger partial charge in [-0.2, -0.15) is 0 Å². The van der Waals surface area contributed by atoms with Gasteiger partial charge in [0.25, 0.3) is 0 Å². The van der Waals surface area contributed by atoms with Gasteiger partial charge in [-0.3, -0.25) is 4.79 Å². The zero-order valence-corrected chi connectivity index (χ0v) is 10.1. The summed E-state index contributed by atoms with van der Waals surface area (Å²) in [5, 5.41) is 9.10. The van der Waals surface area contributed by atoms with Crippen LogP contribution < -0.4 is 10.6 Å². The number of carboxylic acid groups (broad SMARTS) is 1. The van der Waals surface area contributed by atoms with Crippen molar-refractivity contribution < 1.29 is 14.7 Å². The van der Waals surface area contributed by atoms with Crippen LogP contribution in [0.25, 0.3) is 0 Å². The van der Waals surface area contributed by atoms with E-state index in [1.807, 2.05) is 0 Å². The summed E-state index contributed by atoms with van der Waals surface area (Å²) in [6.07, 6.45) is 0. The van der Waals surface area contributed by atoms with Gasteiger partial charge in [-0.1, -0.05) is 0 Å². The molecular formula is C12H16N2O3. The zero-order valence-electron chi connectivity index (χ0n) is 10.1. The fraction of sp³-hybridized carbons (Fsp3) is 0.333. The van der Waals surface area contributed by atoms with Gasteiger partial charge in [0.1, 0.15) is 5.54 Å². The van der Waals surface area contributed by atoms with Crippen LogP contribution in [0.2, 0.25) is 0 Å². The quantitative estimate of drug-likeness (QED) is 0.819. The van der Waals surface area contributed by atoms with Crippen LogP contribution in [0.5, 0.6) is 0 Å². The molecule has 1 rings (SSSR count). The molecule has 5 nitrogen and oxygen atoms in total. The molecule has 0 bridgehead atoms. The second-order valence-electron chi connectivity index (χ2n) is 4.33. The third-order valence-electron chi connectivity index (χ3n) is 2.90. The van der Waals surface area contributed by atoms with Crippen molar-refractivity contribution in [1.82, 2.24) is 0 Å². The highest BCUT2D eigenvalue weighted by Gasteiger charge is 2.32. The molecule has 0 fully saturated rings. The molecule has 0 radical (unpaired) electrons. The average molecular weight is 236 g/mol. The maximum absolute atomic E-state index is 11.1. The third-order valence-corrected chi connectivity index (χ3v) is 2.90. The van der Waals surface area contributed by atoms with Crippen molar-refractivity contribution in [2.75, 3.05) is 11.9 Å². The predicted molar refractivity (Wildman–Crippen MR) is 65.1 cm³/mol. The number of hydrogen-bond acceptors (Lipinski definition) is 3. The molecule has 17 heavy (non-hydrogen) atoms. The SMILES string of the molecule is CN(c1ccc(C(N)=O)cc1)C(C)(C)C(=O)O. The van der Waals surface area contributed by atoms with E-state index in [2.05, 4.69) is 0 Å². The molecule has 0 aromatic heterocycles. The van der Waals surface area contributed by atoms with E-state index >= 15 is 0 Å². The summed E-state index contributed by atoms with van der Waals surface area (Å²) in [7, 11) is 1.69. The number of primary amides is 1. The van der Waals surface area contributed by atoms with Crippen molar-refractivity contribution in [2.24, 2.45) is 5.73 Å². The van der Waals surface area contributed by atoms with Crippen LogP contribution in [-0.4, -0.2) is 29.6 Å². The molecule has 1 aromatic carbocycles. The van der Waals surface area contributed by atoms with Gasteiger partial charge in [-0.05, 0) is 38.1 Å². The normalized spacial score (nSPS) is 11.0. The second-order valence-corrected chi connectivity index (χ2v) is 4.33. The number of amides is 1. The Balaban J connectivity index is 3.02. The summed E-state index contributed by atoms with van der Waals surface area (Å²) in [5.41, 5.74) is 5.22. The van der Waals surface area contributed by atoms with Gasteiger partial charge in [0, 0.05) is 18.3 Å². The zero-order chi connectivity index (χ0) is 13.2. The largest absolute Gasteiger partial charge is 0.480 e. The van der Waals surface area contributed by atoms with E-state index in [0.717, 1.165) is 0 Å². The Morgan fingerprint density at radius 1 is 1.24 bits per heavy atom. The van der Waals surface area contributed by atoms with Crippen molar-refractivity contribution in [1.29, 1.82) is 0 Å². The Labute approximate surface area is 99.8 Å². The molecule has 0 aliphatic rings. The van der Waals surface area contributed by atoms with Gasteiger partial charge in [-0.15, -0.1) is 0 Å². The summed E-state index contributed by atoms with van der Waals surface area (Å²) >= 11 is 0. The number of aliphatic carboxylic acids is 1. The summed E-state index contributed by atoms with van der Waals surface area (Å²) in [6.45, 7) is 3.22. The molecule has 5 heteroatoms. The molecular weight excluding hydrogens is 220 g/mol. The molecule has 1 amide bonds. The van der Waals surface area contributed by atoms with E-state index in [9.17, 15) is 9.59 Å². The Hall–Kier alpha value is -2.04. The number of likely N-dealkylation sites (N-methyl/N-ethyl adjacent to an activating group) is 1. The van der Waals surface area contributed by atoms with Gasteiger partial charge in [0.15, 0.2) is 0 Å². The van der Waals surface area contributed by atoms with E-state index in [-0.39, 0.29) is 0 Å². The van der Waals surface area contributed by atoms with E-state index in [4.69, 9.17) is 10.8 Å². The van der Waals surface area contributed by atoms with Crippen LogP contribution in [0.3, 0.4) is 0 Å². The first kappa shape index (κ1) is 13.0. The fourth-order valence-corrected chi connectivity index (χ4v) is 1.32. The topological polar surface area (TPSA) is 83.6 Å². The minimum absolute atomic E-state index is 0.398. The van der Waals surface area contributed by atoms with Crippen LogP contribution >= 0.6 is 0 Å². The highest BCUT2D eigenvalue weighted by atomic mass is 16.4. The average Bonchev–Trinajstić information content (AvgIpc) is 2.27. The molecule has 0 spiro atoms. The Morgan fingerprint density at radius 3 is 2.06 bits per heavy atom. The molecule has 0 unspecified atom stereocenters. The fourth-order valence-electron chi connectivity index (χ4n) is 1.32. The lowest BCUT2D eigenvalue weighted by atomic mass is 10.0. The summed E-state index contributed by atoms with van der Waals surface area (Å²) in [5.74, 6) is -1.42. The third kappa shape index (κ3) is 2.55. The van der Waals surface area contributed by atoms with Crippen molar-refractivity contribution >= 4 is 17.6 Å². The van der Waals surface area contributed by atoms with E-state index in [0.29, 0.717) is 11.3 Å². The van der Waals surface area contributed by atoms with Crippen LogP contribution in [0.15, 0.2) is 24.3 Å². The minimum atomic E-state index is -1.02. The Bertz CT molecular complexity index is 438. The van der Waals surface area contributed by atoms with Crippen LogP contribution in [0.1, 0.15) is 24.2 Å². The lowest BCUT2D eigenvalue weighted by Crippen LogP contribution is -2.48. The number of benzene rings is 1. The maximum Gasteiger partial charge on any atom is 0.328 e. The van der Waals surface area contributed by atoms with Gasteiger partial charge in [0.2, 0.25) is 5.91 Å². The molecule has 0 aliphatic heterocycles. The number of carboxylic acids is 1. The molecule has 92 valence electrons. The molecule has 0 saturated carbocycles. The first-order valence-electron chi connectivity index (χ1n) is 5.14. The lowest BCUT2D eigenvalue weighted by Gasteiger charge is -2.33. The van der Waals surface area contributed by atoms with Crippen molar-refractivity contribution in [3.05, 3.63) is 29.8 Å². The van der Waals surface area contributed by atoms with E-state index < -0.39 is 17.4 Å². The van der Waals surface area contributed by atoms with E-state index in [1.54, 1.807) is 50.1 Å². The van der Waals surface area contributed by atoms with Crippen molar-refractivity contribution in [2.45, 2.75) is 19.4 Å². The summed E-state index contributed by atoms with van der Waals surface area (Å²) < 4.78 is 0. The summed E-state index contributed by atoms with van der Waals surface area (Å²) in [6, 6.07) is 6.49. The number of anilines is 1. The first-order chi connectivity index (χ1) is 7.76. The Morgan fingerprint density at radius 2 is 1.71 bits per heavy atom. The highest BCUT2D eigenvalue weighted by Crippen LogP contribution is 2.22. The van der Waals surface area contributed by atoms with Crippen LogP contribution in [0.4, 0.5) is 5.69 Å². The molecule has 3 N–H and O–H groups in total. The number of nitrogens with zero attached hydrogens (tertiary/aromatic N) is 1. The summed E-state index contributed by atoms with van der Waals surface area (Å²) in [4.78, 5) is 23.6. The predicted octanol–water partition coefficient (Wildman–Crippen LogP) is 1.08. The van der Waals surface area contributed by atoms with Gasteiger partial charge in [0.05, 0.1) is 0 Å². The van der Waals surface area contributed by atoms with Gasteiger partial charge >= 0.3 is 5.97 Å². The smallest absolute Gasteiger partial charge is 0.328 e. The maximum atomic E-state index is 11.1. The minimum Gasteiger partial charge on any atom is -0.480 e. The van der Waals surface area contributed by atoms with Crippen molar-refractivity contribution in [3.63, 3.8) is 0 Å². The molecule has 0 atom stereocenters. The standard InChI is InChI=1S/C12H16N2O3/c1-12(2,11(16)17)14(3)9-6-4-8(5-7-9)10(13)15/h4-7H,1-3H3,(H2,13,15)(H,16,17). The number of carbonyl (C=O) groups excluding carboxylic acids is 1. The number of rotatable bonds is 4. The van der Waals surface area contributed by atoms with Crippen LogP contribution in [-0.2, 0) is 4.79 Å². The number of carbonyl (C=O) groups is 2. The monoisotopic (exact) mass is 236 g/mol. The number of nitrogens with two attached hydrogens (primary N) is 1. The second kappa shape index (κ2) is 4.45. The highest BCUT2D eigenvalue weighted by molar-refractivity contribution is 5.93.